The molecule has 3 nitrogen and oxygen atoms in total. The molecular formula is C10H12ClN2O. The molecule has 4 N–H and O–H groups in total. The van der Waals surface area contributed by atoms with Crippen molar-refractivity contribution in [1.29, 1.82) is 0 Å². The predicted octanol–water partition coefficient (Wildman–Crippen LogP) is 1.34. The summed E-state index contributed by atoms with van der Waals surface area (Å²) in [4.78, 5) is 11.1. The molecule has 4 heteroatoms. The minimum absolute atomic E-state index is 0.364. The van der Waals surface area contributed by atoms with Gasteiger partial charge < -0.3 is 11.5 Å². The maximum absolute atomic E-state index is 11.1. The Morgan fingerprint density at radius 1 is 1.50 bits per heavy atom. The summed E-state index contributed by atoms with van der Waals surface area (Å²) in [6.07, 6.45) is 2.55. The molecule has 0 aliphatic carbocycles. The molecule has 1 radical (unpaired) electrons. The fourth-order valence-electron chi connectivity index (χ4n) is 1.21. The molecule has 14 heavy (non-hydrogen) atoms. The van der Waals surface area contributed by atoms with E-state index >= 15 is 0 Å². The Morgan fingerprint density at radius 2 is 2.21 bits per heavy atom. The van der Waals surface area contributed by atoms with Gasteiger partial charge in [0.25, 0.3) is 5.91 Å². The van der Waals surface area contributed by atoms with E-state index in [4.69, 9.17) is 23.1 Å². The summed E-state index contributed by atoms with van der Waals surface area (Å²) in [5.41, 5.74) is 11.7. The number of benzene rings is 1. The van der Waals surface area contributed by atoms with Gasteiger partial charge in [0.15, 0.2) is 0 Å². The standard InChI is InChI=1S/C10H12ClN2O/c11-8-5-1-3-7(4-2-6-12)9(8)10(13)14/h1,3-5H,2,6,12H2,(H2,13,14). The van der Waals surface area contributed by atoms with Gasteiger partial charge >= 0.3 is 0 Å². The van der Waals surface area contributed by atoms with E-state index in [0.29, 0.717) is 23.6 Å². The topological polar surface area (TPSA) is 69.1 Å². The Morgan fingerprint density at radius 3 is 2.79 bits per heavy atom. The zero-order chi connectivity index (χ0) is 10.6. The smallest absolute Gasteiger partial charge is 0.250 e. The first-order valence-electron chi connectivity index (χ1n) is 4.28. The molecule has 0 heterocycles. The van der Waals surface area contributed by atoms with Gasteiger partial charge in [-0.2, -0.15) is 0 Å². The highest BCUT2D eigenvalue weighted by atomic mass is 35.5. The second kappa shape index (κ2) is 4.98. The number of hydrogen-bond donors (Lipinski definition) is 2. The monoisotopic (exact) mass is 211 g/mol. The first-order valence-corrected chi connectivity index (χ1v) is 4.66. The van der Waals surface area contributed by atoms with Crippen LogP contribution in [0.2, 0.25) is 5.02 Å². The van der Waals surface area contributed by atoms with Crippen molar-refractivity contribution in [3.63, 3.8) is 0 Å². The lowest BCUT2D eigenvalue weighted by Crippen LogP contribution is -2.14. The molecule has 0 aliphatic heterocycles. The summed E-state index contributed by atoms with van der Waals surface area (Å²) in [7, 11) is 0. The van der Waals surface area contributed by atoms with Crippen molar-refractivity contribution in [3.8, 4) is 0 Å². The van der Waals surface area contributed by atoms with Crippen LogP contribution in [0.1, 0.15) is 22.3 Å². The van der Waals surface area contributed by atoms with Crippen LogP contribution in [0, 0.1) is 6.42 Å². The second-order valence-electron chi connectivity index (χ2n) is 2.85. The molecular weight excluding hydrogens is 200 g/mol. The Bertz CT molecular complexity index is 339. The molecule has 0 bridgehead atoms. The van der Waals surface area contributed by atoms with Crippen LogP contribution in [0.25, 0.3) is 0 Å². The van der Waals surface area contributed by atoms with Gasteiger partial charge in [-0.3, -0.25) is 4.79 Å². The van der Waals surface area contributed by atoms with Crippen LogP contribution in [0.3, 0.4) is 0 Å². The summed E-state index contributed by atoms with van der Waals surface area (Å²) >= 11 is 5.85. The van der Waals surface area contributed by atoms with Crippen molar-refractivity contribution < 1.29 is 4.79 Å². The Kier molecular flexibility index (Phi) is 3.92. The summed E-state index contributed by atoms with van der Waals surface area (Å²) < 4.78 is 0. The Hall–Kier alpha value is -1.06. The summed E-state index contributed by atoms with van der Waals surface area (Å²) in [5.74, 6) is -0.515. The molecule has 0 saturated carbocycles. The Labute approximate surface area is 88.0 Å². The van der Waals surface area contributed by atoms with Crippen LogP contribution in [0.15, 0.2) is 18.2 Å². The van der Waals surface area contributed by atoms with E-state index < -0.39 is 5.91 Å². The average Bonchev–Trinajstić information content (AvgIpc) is 2.14. The van der Waals surface area contributed by atoms with Gasteiger partial charge in [0.1, 0.15) is 0 Å². The zero-order valence-corrected chi connectivity index (χ0v) is 8.42. The number of carbonyl (C=O) groups excluding carboxylic acids is 1. The third-order valence-corrected chi connectivity index (χ3v) is 2.14. The van der Waals surface area contributed by atoms with Crippen molar-refractivity contribution in [3.05, 3.63) is 40.8 Å². The minimum atomic E-state index is -0.515. The van der Waals surface area contributed by atoms with E-state index in [1.165, 1.54) is 0 Å². The molecule has 1 amide bonds. The molecule has 0 atom stereocenters. The number of carbonyl (C=O) groups is 1. The summed E-state index contributed by atoms with van der Waals surface area (Å²) in [5, 5.41) is 0.378. The van der Waals surface area contributed by atoms with Gasteiger partial charge in [-0.25, -0.2) is 0 Å². The largest absolute Gasteiger partial charge is 0.366 e. The number of rotatable bonds is 4. The Balaban J connectivity index is 3.02. The molecule has 0 aliphatic rings. The van der Waals surface area contributed by atoms with Gasteiger partial charge in [-0.05, 0) is 31.0 Å². The van der Waals surface area contributed by atoms with E-state index in [1.807, 2.05) is 6.42 Å². The minimum Gasteiger partial charge on any atom is -0.366 e. The van der Waals surface area contributed by atoms with E-state index in [2.05, 4.69) is 0 Å². The number of primary amides is 1. The zero-order valence-electron chi connectivity index (χ0n) is 7.66. The first kappa shape index (κ1) is 11.0. The van der Waals surface area contributed by atoms with E-state index in [9.17, 15) is 4.79 Å². The number of hydrogen-bond acceptors (Lipinski definition) is 2. The van der Waals surface area contributed by atoms with Gasteiger partial charge in [-0.1, -0.05) is 23.7 Å². The number of nitrogens with two attached hydrogens (primary N) is 2. The quantitative estimate of drug-likeness (QED) is 0.789. The van der Waals surface area contributed by atoms with Gasteiger partial charge in [0.2, 0.25) is 0 Å². The third-order valence-electron chi connectivity index (χ3n) is 1.82. The van der Waals surface area contributed by atoms with Crippen LogP contribution >= 0.6 is 11.6 Å². The lowest BCUT2D eigenvalue weighted by molar-refractivity contribution is 0.1000. The molecule has 0 fully saturated rings. The molecule has 75 valence electrons. The van der Waals surface area contributed by atoms with Crippen LogP contribution in [0.4, 0.5) is 0 Å². The van der Waals surface area contributed by atoms with Crippen LogP contribution in [-0.2, 0) is 0 Å². The first-order chi connectivity index (χ1) is 6.66. The highest BCUT2D eigenvalue weighted by Crippen LogP contribution is 2.21. The molecule has 1 aromatic carbocycles. The van der Waals surface area contributed by atoms with E-state index in [0.717, 1.165) is 5.56 Å². The average molecular weight is 212 g/mol. The lowest BCUT2D eigenvalue weighted by atomic mass is 10.0. The summed E-state index contributed by atoms with van der Waals surface area (Å²) in [6.45, 7) is 0.532. The molecule has 0 saturated heterocycles. The molecule has 0 spiro atoms. The van der Waals surface area contributed by atoms with Crippen LogP contribution in [0.5, 0.6) is 0 Å². The molecule has 1 aromatic rings. The van der Waals surface area contributed by atoms with Crippen molar-refractivity contribution >= 4 is 17.5 Å². The van der Waals surface area contributed by atoms with Gasteiger partial charge in [0, 0.05) is 0 Å². The maximum atomic E-state index is 11.1. The third kappa shape index (κ3) is 2.47. The maximum Gasteiger partial charge on any atom is 0.250 e. The van der Waals surface area contributed by atoms with E-state index in [1.54, 1.807) is 18.2 Å². The normalized spacial score (nSPS) is 10.1. The highest BCUT2D eigenvalue weighted by Gasteiger charge is 2.11. The van der Waals surface area contributed by atoms with Crippen molar-refractivity contribution in [1.82, 2.24) is 0 Å². The number of amides is 1. The van der Waals surface area contributed by atoms with Crippen LogP contribution in [-0.4, -0.2) is 12.5 Å². The van der Waals surface area contributed by atoms with Gasteiger partial charge in [0.05, 0.1) is 10.6 Å². The highest BCUT2D eigenvalue weighted by molar-refractivity contribution is 6.34. The van der Waals surface area contributed by atoms with Crippen molar-refractivity contribution in [2.75, 3.05) is 6.54 Å². The summed E-state index contributed by atoms with van der Waals surface area (Å²) in [6, 6.07) is 5.21. The van der Waals surface area contributed by atoms with Crippen molar-refractivity contribution in [2.45, 2.75) is 6.42 Å². The lowest BCUT2D eigenvalue weighted by Gasteiger charge is -2.06. The predicted molar refractivity (Wildman–Crippen MR) is 57.0 cm³/mol. The van der Waals surface area contributed by atoms with Gasteiger partial charge in [-0.15, -0.1) is 0 Å². The molecule has 0 unspecified atom stereocenters. The van der Waals surface area contributed by atoms with E-state index in [-0.39, 0.29) is 0 Å². The second-order valence-corrected chi connectivity index (χ2v) is 3.26. The molecule has 1 rings (SSSR count). The molecule has 0 aromatic heterocycles. The van der Waals surface area contributed by atoms with Crippen molar-refractivity contribution in [2.24, 2.45) is 11.5 Å². The fourth-order valence-corrected chi connectivity index (χ4v) is 1.48. The SMILES string of the molecule is NCC[CH]c1cccc(Cl)c1C(N)=O. The fraction of sp³-hybridized carbons (Fsp3) is 0.200. The van der Waals surface area contributed by atoms with Crippen LogP contribution < -0.4 is 11.5 Å². The number of halogens is 1.